The summed E-state index contributed by atoms with van der Waals surface area (Å²) >= 11 is 0. The lowest BCUT2D eigenvalue weighted by Crippen LogP contribution is -2.45. The van der Waals surface area contributed by atoms with Crippen LogP contribution in [0, 0.1) is 13.8 Å². The SMILES string of the molecule is Cc1cc(C)c2oc(-c3ccco3)c(OC(=O)[C@H](C)N3C(=O)c4ccccc4C3=O)c(=O)c2c1. The lowest BCUT2D eigenvalue weighted by molar-refractivity contribution is -0.138. The highest BCUT2D eigenvalue weighted by atomic mass is 16.5. The van der Waals surface area contributed by atoms with Gasteiger partial charge >= 0.3 is 5.97 Å². The second-order valence-corrected chi connectivity index (χ2v) is 8.15. The standard InChI is InChI=1S/C26H19NO7/c1-13-11-14(2)21-18(12-13)20(28)23(22(33-21)19-9-6-10-32-19)34-26(31)15(3)27-24(29)16-7-4-5-8-17(16)25(27)30/h4-12,15H,1-3H3/t15-/m0/s1. The number of fused-ring (bicyclic) bond motifs is 2. The number of carbonyl (C=O) groups is 3. The molecule has 2 amide bonds. The van der Waals surface area contributed by atoms with Gasteiger partial charge < -0.3 is 13.6 Å². The molecule has 2 aromatic carbocycles. The van der Waals surface area contributed by atoms with Crippen molar-refractivity contribution in [2.45, 2.75) is 26.8 Å². The summed E-state index contributed by atoms with van der Waals surface area (Å²) in [6.07, 6.45) is 1.40. The lowest BCUT2D eigenvalue weighted by atomic mass is 10.1. The molecule has 1 aliphatic heterocycles. The number of aryl methyl sites for hydroxylation is 2. The van der Waals surface area contributed by atoms with Crippen LogP contribution in [0.1, 0.15) is 38.8 Å². The van der Waals surface area contributed by atoms with E-state index in [1.54, 1.807) is 37.3 Å². The first-order valence-corrected chi connectivity index (χ1v) is 10.6. The largest absolute Gasteiger partial charge is 0.461 e. The Hall–Kier alpha value is -4.46. The van der Waals surface area contributed by atoms with Crippen LogP contribution in [0.5, 0.6) is 5.75 Å². The molecular formula is C26H19NO7. The first-order chi connectivity index (χ1) is 16.3. The number of rotatable bonds is 4. The molecule has 1 atom stereocenters. The molecule has 4 aromatic rings. The van der Waals surface area contributed by atoms with Crippen LogP contribution in [0.25, 0.3) is 22.5 Å². The van der Waals surface area contributed by atoms with E-state index in [2.05, 4.69) is 0 Å². The molecule has 0 saturated heterocycles. The molecule has 0 fully saturated rings. The summed E-state index contributed by atoms with van der Waals surface area (Å²) in [6.45, 7) is 5.01. The van der Waals surface area contributed by atoms with Crippen LogP contribution in [-0.2, 0) is 4.79 Å². The summed E-state index contributed by atoms with van der Waals surface area (Å²) in [5.74, 6) is -2.41. The van der Waals surface area contributed by atoms with Gasteiger partial charge in [-0.05, 0) is 62.2 Å². The second kappa shape index (κ2) is 7.84. The Morgan fingerprint density at radius 3 is 2.26 bits per heavy atom. The number of nitrogens with zero attached hydrogens (tertiary/aromatic N) is 1. The molecule has 8 heteroatoms. The Morgan fingerprint density at radius 2 is 1.65 bits per heavy atom. The highest BCUT2D eigenvalue weighted by molar-refractivity contribution is 6.22. The van der Waals surface area contributed by atoms with Gasteiger partial charge in [-0.2, -0.15) is 0 Å². The third-order valence-electron chi connectivity index (χ3n) is 5.78. The summed E-state index contributed by atoms with van der Waals surface area (Å²) in [6, 6.07) is 11.7. The van der Waals surface area contributed by atoms with Crippen molar-refractivity contribution < 1.29 is 28.0 Å². The maximum Gasteiger partial charge on any atom is 0.334 e. The van der Waals surface area contributed by atoms with Crippen LogP contribution in [0.2, 0.25) is 0 Å². The first kappa shape index (κ1) is 21.4. The van der Waals surface area contributed by atoms with Crippen molar-refractivity contribution in [2.75, 3.05) is 0 Å². The van der Waals surface area contributed by atoms with E-state index < -0.39 is 29.3 Å². The zero-order valence-electron chi connectivity index (χ0n) is 18.6. The molecule has 0 aliphatic carbocycles. The van der Waals surface area contributed by atoms with E-state index in [1.165, 1.54) is 25.3 Å². The summed E-state index contributed by atoms with van der Waals surface area (Å²) in [7, 11) is 0. The third kappa shape index (κ3) is 3.23. The normalized spacial score (nSPS) is 13.9. The molecule has 1 aliphatic rings. The Bertz CT molecular complexity index is 1510. The molecule has 34 heavy (non-hydrogen) atoms. The number of carbonyl (C=O) groups excluding carboxylic acids is 3. The molecule has 0 N–H and O–H groups in total. The van der Waals surface area contributed by atoms with E-state index in [0.717, 1.165) is 16.0 Å². The fraction of sp³-hybridized carbons (Fsp3) is 0.154. The molecule has 0 bridgehead atoms. The summed E-state index contributed by atoms with van der Waals surface area (Å²) in [4.78, 5) is 52.9. The molecule has 8 nitrogen and oxygen atoms in total. The molecule has 2 aromatic heterocycles. The number of hydrogen-bond donors (Lipinski definition) is 0. The number of amides is 2. The molecule has 5 rings (SSSR count). The predicted molar refractivity (Wildman–Crippen MR) is 122 cm³/mol. The molecule has 0 radical (unpaired) electrons. The smallest absolute Gasteiger partial charge is 0.334 e. The highest BCUT2D eigenvalue weighted by Crippen LogP contribution is 2.33. The van der Waals surface area contributed by atoms with Gasteiger partial charge in [0.25, 0.3) is 11.8 Å². The van der Waals surface area contributed by atoms with Gasteiger partial charge in [0.15, 0.2) is 5.76 Å². The van der Waals surface area contributed by atoms with Crippen molar-refractivity contribution in [3.63, 3.8) is 0 Å². The van der Waals surface area contributed by atoms with Crippen LogP contribution in [0.15, 0.2) is 68.4 Å². The number of ether oxygens (including phenoxy) is 1. The Morgan fingerprint density at radius 1 is 0.971 bits per heavy atom. The van der Waals surface area contributed by atoms with E-state index in [0.29, 0.717) is 5.58 Å². The van der Waals surface area contributed by atoms with Gasteiger partial charge in [-0.15, -0.1) is 0 Å². The van der Waals surface area contributed by atoms with Gasteiger partial charge in [0.05, 0.1) is 22.8 Å². The van der Waals surface area contributed by atoms with Crippen LogP contribution in [0.3, 0.4) is 0 Å². The van der Waals surface area contributed by atoms with Crippen molar-refractivity contribution in [3.8, 4) is 17.3 Å². The van der Waals surface area contributed by atoms with Crippen LogP contribution in [-0.4, -0.2) is 28.7 Å². The number of imide groups is 1. The van der Waals surface area contributed by atoms with Crippen molar-refractivity contribution >= 4 is 28.8 Å². The molecule has 0 unspecified atom stereocenters. The average Bonchev–Trinajstić information content (AvgIpc) is 3.43. The fourth-order valence-corrected chi connectivity index (χ4v) is 4.15. The molecule has 3 heterocycles. The van der Waals surface area contributed by atoms with Crippen molar-refractivity contribution in [1.29, 1.82) is 0 Å². The van der Waals surface area contributed by atoms with E-state index in [-0.39, 0.29) is 33.8 Å². The second-order valence-electron chi connectivity index (χ2n) is 8.15. The van der Waals surface area contributed by atoms with E-state index in [9.17, 15) is 19.2 Å². The number of furan rings is 1. The molecular weight excluding hydrogens is 438 g/mol. The predicted octanol–water partition coefficient (Wildman–Crippen LogP) is 4.26. The van der Waals surface area contributed by atoms with Crippen molar-refractivity contribution in [2.24, 2.45) is 0 Å². The molecule has 0 saturated carbocycles. The Labute approximate surface area is 193 Å². The minimum absolute atomic E-state index is 0.0580. The quantitative estimate of drug-likeness (QED) is 0.333. The minimum Gasteiger partial charge on any atom is -0.461 e. The van der Waals surface area contributed by atoms with Gasteiger partial charge in [0.1, 0.15) is 11.6 Å². The third-order valence-corrected chi connectivity index (χ3v) is 5.78. The van der Waals surface area contributed by atoms with E-state index in [1.807, 2.05) is 13.0 Å². The number of hydrogen-bond acceptors (Lipinski definition) is 7. The molecule has 0 spiro atoms. The Balaban J connectivity index is 1.57. The van der Waals surface area contributed by atoms with E-state index >= 15 is 0 Å². The first-order valence-electron chi connectivity index (χ1n) is 10.6. The van der Waals surface area contributed by atoms with Gasteiger partial charge in [-0.1, -0.05) is 18.2 Å². The summed E-state index contributed by atoms with van der Waals surface area (Å²) in [5.41, 5.74) is 1.76. The lowest BCUT2D eigenvalue weighted by Gasteiger charge is -2.21. The van der Waals surface area contributed by atoms with Gasteiger partial charge in [-0.25, -0.2) is 4.79 Å². The summed E-state index contributed by atoms with van der Waals surface area (Å²) in [5, 5.41) is 0.240. The molecule has 170 valence electrons. The van der Waals surface area contributed by atoms with Crippen LogP contribution >= 0.6 is 0 Å². The van der Waals surface area contributed by atoms with Gasteiger partial charge in [-0.3, -0.25) is 19.3 Å². The van der Waals surface area contributed by atoms with Crippen LogP contribution < -0.4 is 10.2 Å². The zero-order chi connectivity index (χ0) is 24.1. The van der Waals surface area contributed by atoms with E-state index in [4.69, 9.17) is 13.6 Å². The highest BCUT2D eigenvalue weighted by Gasteiger charge is 2.42. The maximum atomic E-state index is 13.4. The zero-order valence-corrected chi connectivity index (χ0v) is 18.6. The average molecular weight is 457 g/mol. The fourth-order valence-electron chi connectivity index (χ4n) is 4.15. The Kier molecular flexibility index (Phi) is 4.93. The van der Waals surface area contributed by atoms with Crippen molar-refractivity contribution in [1.82, 2.24) is 4.90 Å². The van der Waals surface area contributed by atoms with Crippen LogP contribution in [0.4, 0.5) is 0 Å². The minimum atomic E-state index is -1.29. The number of esters is 1. The topological polar surface area (TPSA) is 107 Å². The van der Waals surface area contributed by atoms with Crippen molar-refractivity contribution in [3.05, 3.63) is 87.3 Å². The van der Waals surface area contributed by atoms with Gasteiger partial charge in [0, 0.05) is 0 Å². The monoisotopic (exact) mass is 457 g/mol. The summed E-state index contributed by atoms with van der Waals surface area (Å²) < 4.78 is 16.9. The maximum absolute atomic E-state index is 13.4. The number of benzene rings is 2. The van der Waals surface area contributed by atoms with Gasteiger partial charge in [0.2, 0.25) is 16.9 Å².